The van der Waals surface area contributed by atoms with Gasteiger partial charge in [-0.2, -0.15) is 0 Å². The lowest BCUT2D eigenvalue weighted by molar-refractivity contribution is 0.256. The van der Waals surface area contributed by atoms with Crippen LogP contribution in [0.25, 0.3) is 0 Å². The van der Waals surface area contributed by atoms with E-state index in [4.69, 9.17) is 4.74 Å². The van der Waals surface area contributed by atoms with Crippen LogP contribution in [0.5, 0.6) is 0 Å². The summed E-state index contributed by atoms with van der Waals surface area (Å²) in [5.74, 6) is 0. The Morgan fingerprint density at radius 3 is 3.00 bits per heavy atom. The van der Waals surface area contributed by atoms with Crippen LogP contribution in [0.2, 0.25) is 0 Å². The van der Waals surface area contributed by atoms with Crippen LogP contribution in [0.15, 0.2) is 12.7 Å². The summed E-state index contributed by atoms with van der Waals surface area (Å²) in [5, 5.41) is 0. The Morgan fingerprint density at radius 1 is 1.80 bits per heavy atom. The van der Waals surface area contributed by atoms with E-state index < -0.39 is 0 Å². The molecule has 0 radical (unpaired) electrons. The molecule has 0 amide bonds. The van der Waals surface area contributed by atoms with Crippen molar-refractivity contribution in [1.29, 1.82) is 0 Å². The van der Waals surface area contributed by atoms with Gasteiger partial charge in [-0.05, 0) is 19.3 Å². The molecular weight excluding hydrogens is 192 g/mol. The minimum Gasteiger partial charge on any atom is -0.365 e. The second kappa shape index (κ2) is 2.08. The second-order valence-electron chi connectivity index (χ2n) is 3.15. The highest BCUT2D eigenvalue weighted by molar-refractivity contribution is 9.09. The van der Waals surface area contributed by atoms with Gasteiger partial charge in [0.15, 0.2) is 0 Å². The van der Waals surface area contributed by atoms with Crippen molar-refractivity contribution < 1.29 is 4.74 Å². The SMILES string of the molecule is C=CC[C@@]12CC[C@@H](Br)[C@@H]1O2. The fourth-order valence-electron chi connectivity index (χ4n) is 1.87. The Hall–Kier alpha value is 0.180. The molecule has 2 rings (SSSR count). The fraction of sp³-hybridized carbons (Fsp3) is 0.750. The minimum atomic E-state index is 0.218. The first-order chi connectivity index (χ1) is 4.78. The van der Waals surface area contributed by atoms with Gasteiger partial charge in [0.2, 0.25) is 0 Å². The maximum absolute atomic E-state index is 5.57. The van der Waals surface area contributed by atoms with Gasteiger partial charge in [-0.3, -0.25) is 0 Å². The van der Waals surface area contributed by atoms with E-state index in [-0.39, 0.29) is 5.60 Å². The average molecular weight is 203 g/mol. The molecule has 1 saturated heterocycles. The zero-order valence-electron chi connectivity index (χ0n) is 5.85. The van der Waals surface area contributed by atoms with Crippen LogP contribution in [-0.4, -0.2) is 16.5 Å². The first-order valence-corrected chi connectivity index (χ1v) is 4.63. The molecule has 1 aliphatic carbocycles. The Bertz CT molecular complexity index is 169. The molecule has 10 heavy (non-hydrogen) atoms. The number of halogens is 1. The van der Waals surface area contributed by atoms with Crippen molar-refractivity contribution in [3.63, 3.8) is 0 Å². The van der Waals surface area contributed by atoms with Crippen LogP contribution in [0.1, 0.15) is 19.3 Å². The lowest BCUT2D eigenvalue weighted by atomic mass is 10.0. The molecule has 0 bridgehead atoms. The summed E-state index contributed by atoms with van der Waals surface area (Å²) in [6.45, 7) is 3.73. The summed E-state index contributed by atoms with van der Waals surface area (Å²) in [6, 6.07) is 0. The van der Waals surface area contributed by atoms with Crippen LogP contribution in [0.4, 0.5) is 0 Å². The van der Waals surface area contributed by atoms with Crippen molar-refractivity contribution >= 4 is 15.9 Å². The maximum Gasteiger partial charge on any atom is 0.100 e. The molecule has 0 unspecified atom stereocenters. The van der Waals surface area contributed by atoms with E-state index in [1.165, 1.54) is 12.8 Å². The number of hydrogen-bond acceptors (Lipinski definition) is 1. The summed E-state index contributed by atoms with van der Waals surface area (Å²) in [6.07, 6.45) is 5.95. The van der Waals surface area contributed by atoms with Crippen LogP contribution in [0, 0.1) is 0 Å². The summed E-state index contributed by atoms with van der Waals surface area (Å²) in [7, 11) is 0. The molecule has 0 aromatic heterocycles. The molecular formula is C8H11BrO. The first kappa shape index (κ1) is 6.86. The van der Waals surface area contributed by atoms with Gasteiger partial charge < -0.3 is 4.74 Å². The van der Waals surface area contributed by atoms with Gasteiger partial charge in [0.1, 0.15) is 6.10 Å². The summed E-state index contributed by atoms with van der Waals surface area (Å²) < 4.78 is 5.57. The van der Waals surface area contributed by atoms with Crippen molar-refractivity contribution in [3.05, 3.63) is 12.7 Å². The molecule has 0 N–H and O–H groups in total. The highest BCUT2D eigenvalue weighted by Crippen LogP contribution is 2.54. The Kier molecular flexibility index (Phi) is 1.43. The molecule has 2 fully saturated rings. The molecule has 0 spiro atoms. The van der Waals surface area contributed by atoms with Crippen LogP contribution >= 0.6 is 15.9 Å². The van der Waals surface area contributed by atoms with Gasteiger partial charge in [0.05, 0.1) is 5.60 Å². The summed E-state index contributed by atoms with van der Waals surface area (Å²) in [5.41, 5.74) is 0.218. The second-order valence-corrected chi connectivity index (χ2v) is 4.33. The summed E-state index contributed by atoms with van der Waals surface area (Å²) in [4.78, 5) is 0.604. The van der Waals surface area contributed by atoms with Gasteiger partial charge in [-0.25, -0.2) is 0 Å². The Labute approximate surface area is 69.6 Å². The largest absolute Gasteiger partial charge is 0.365 e. The van der Waals surface area contributed by atoms with Crippen LogP contribution in [0.3, 0.4) is 0 Å². The van der Waals surface area contributed by atoms with Crippen molar-refractivity contribution in [2.45, 2.75) is 35.8 Å². The van der Waals surface area contributed by atoms with Crippen molar-refractivity contribution in [2.24, 2.45) is 0 Å². The molecule has 1 heterocycles. The zero-order valence-corrected chi connectivity index (χ0v) is 7.43. The van der Waals surface area contributed by atoms with Gasteiger partial charge in [-0.1, -0.05) is 22.0 Å². The predicted molar refractivity (Wildman–Crippen MR) is 44.4 cm³/mol. The number of alkyl halides is 1. The smallest absolute Gasteiger partial charge is 0.100 e. The molecule has 1 aliphatic heterocycles. The number of fused-ring (bicyclic) bond motifs is 1. The zero-order chi connectivity index (χ0) is 7.19. The quantitative estimate of drug-likeness (QED) is 0.381. The molecule has 1 nitrogen and oxygen atoms in total. The van der Waals surface area contributed by atoms with E-state index in [1.54, 1.807) is 0 Å². The minimum absolute atomic E-state index is 0.218. The van der Waals surface area contributed by atoms with Crippen LogP contribution in [-0.2, 0) is 4.74 Å². The maximum atomic E-state index is 5.57. The third-order valence-electron chi connectivity index (χ3n) is 2.48. The molecule has 0 aromatic carbocycles. The van der Waals surface area contributed by atoms with E-state index in [0.29, 0.717) is 10.9 Å². The highest BCUT2D eigenvalue weighted by atomic mass is 79.9. The lowest BCUT2D eigenvalue weighted by Gasteiger charge is -2.02. The topological polar surface area (TPSA) is 12.5 Å². The third kappa shape index (κ3) is 0.785. The highest BCUT2D eigenvalue weighted by Gasteiger charge is 2.62. The molecule has 1 saturated carbocycles. The van der Waals surface area contributed by atoms with Crippen molar-refractivity contribution in [1.82, 2.24) is 0 Å². The Morgan fingerprint density at radius 2 is 2.60 bits per heavy atom. The fourth-order valence-corrected chi connectivity index (χ4v) is 2.69. The number of ether oxygens (including phenoxy) is 1. The number of rotatable bonds is 2. The van der Waals surface area contributed by atoms with Gasteiger partial charge in [0, 0.05) is 4.83 Å². The van der Waals surface area contributed by atoms with Gasteiger partial charge >= 0.3 is 0 Å². The van der Waals surface area contributed by atoms with E-state index in [1.807, 2.05) is 6.08 Å². The van der Waals surface area contributed by atoms with E-state index in [0.717, 1.165) is 6.42 Å². The van der Waals surface area contributed by atoms with E-state index in [9.17, 15) is 0 Å². The van der Waals surface area contributed by atoms with Crippen molar-refractivity contribution in [2.75, 3.05) is 0 Å². The van der Waals surface area contributed by atoms with E-state index in [2.05, 4.69) is 22.5 Å². The number of epoxide rings is 1. The predicted octanol–water partition coefficient (Wildman–Crippen LogP) is 2.26. The van der Waals surface area contributed by atoms with Crippen molar-refractivity contribution in [3.8, 4) is 0 Å². The number of hydrogen-bond donors (Lipinski definition) is 0. The summed E-state index contributed by atoms with van der Waals surface area (Å²) >= 11 is 3.59. The monoisotopic (exact) mass is 202 g/mol. The molecule has 3 atom stereocenters. The van der Waals surface area contributed by atoms with Crippen LogP contribution < -0.4 is 0 Å². The van der Waals surface area contributed by atoms with E-state index >= 15 is 0 Å². The Balaban J connectivity index is 2.03. The first-order valence-electron chi connectivity index (χ1n) is 3.71. The molecule has 2 aliphatic rings. The molecule has 2 heteroatoms. The molecule has 0 aromatic rings. The lowest BCUT2D eigenvalue weighted by Crippen LogP contribution is -2.08. The van der Waals surface area contributed by atoms with Gasteiger partial charge in [-0.15, -0.1) is 6.58 Å². The van der Waals surface area contributed by atoms with Gasteiger partial charge in [0.25, 0.3) is 0 Å². The average Bonchev–Trinajstić information content (AvgIpc) is 2.54. The molecule has 56 valence electrons. The normalized spacial score (nSPS) is 50.5. The third-order valence-corrected chi connectivity index (χ3v) is 3.42. The standard InChI is InChI=1S/C8H11BrO/c1-2-4-8-5-3-6(9)7(8)10-8/h2,6-7H,1,3-5H2/t6-,7+,8-/m1/s1.